The number of pyridine rings is 2. The topological polar surface area (TPSA) is 134 Å². The van der Waals surface area contributed by atoms with E-state index in [1.54, 1.807) is 68.7 Å². The van der Waals surface area contributed by atoms with Gasteiger partial charge in [-0.1, -0.05) is 53.7 Å². The third-order valence-corrected chi connectivity index (χ3v) is 10.7. The lowest BCUT2D eigenvalue weighted by molar-refractivity contribution is 0.324. The molecule has 11 nitrogen and oxygen atoms in total. The van der Waals surface area contributed by atoms with Crippen molar-refractivity contribution in [1.82, 2.24) is 29.9 Å². The highest BCUT2D eigenvalue weighted by Gasteiger charge is 2.21. The fraction of sp³-hybridized carbons (Fsp3) is 0.100. The standard InChI is InChI=1S/C40H32N6O5S/c1-49-35-20-29(21-36(50-2)39(35)51-3)46-23-34(44-45-46)27-12-10-26(11-13-27)32-22-42-40-38(37(32)28-15-17-41-18-16-28)31-19-25(9-14-33(31)43-40)24-52(47,48)30-7-5-4-6-8-30/h4-23H,24H2,1-3H3,(H,42,43). The number of fused-ring (bicyclic) bond motifs is 3. The number of rotatable bonds is 10. The number of ether oxygens (including phenoxy) is 3. The Morgan fingerprint density at radius 3 is 2.17 bits per heavy atom. The molecule has 1 N–H and O–H groups in total. The van der Waals surface area contributed by atoms with Crippen molar-refractivity contribution in [2.75, 3.05) is 21.3 Å². The molecule has 12 heteroatoms. The van der Waals surface area contributed by atoms with Gasteiger partial charge >= 0.3 is 0 Å². The number of nitrogens with one attached hydrogen (secondary N) is 1. The summed E-state index contributed by atoms with van der Waals surface area (Å²) in [6, 6.07) is 29.9. The predicted molar refractivity (Wildman–Crippen MR) is 200 cm³/mol. The van der Waals surface area contributed by atoms with E-state index in [1.807, 2.05) is 79.1 Å². The fourth-order valence-corrected chi connectivity index (χ4v) is 7.86. The van der Waals surface area contributed by atoms with Crippen molar-refractivity contribution >= 4 is 31.8 Å². The Balaban J connectivity index is 1.19. The zero-order chi connectivity index (χ0) is 35.8. The van der Waals surface area contributed by atoms with Crippen LogP contribution in [0.4, 0.5) is 0 Å². The van der Waals surface area contributed by atoms with Crippen LogP contribution in [0.2, 0.25) is 0 Å². The average Bonchev–Trinajstić information content (AvgIpc) is 3.83. The lowest BCUT2D eigenvalue weighted by Gasteiger charge is -2.13. The third kappa shape index (κ3) is 5.88. The van der Waals surface area contributed by atoms with Crippen LogP contribution in [-0.4, -0.2) is 59.7 Å². The molecule has 0 saturated heterocycles. The maximum Gasteiger partial charge on any atom is 0.203 e. The largest absolute Gasteiger partial charge is 0.493 e. The molecule has 0 fully saturated rings. The number of methoxy groups -OCH3 is 3. The summed E-state index contributed by atoms with van der Waals surface area (Å²) in [4.78, 5) is 12.8. The second-order valence-electron chi connectivity index (χ2n) is 12.1. The monoisotopic (exact) mass is 708 g/mol. The minimum absolute atomic E-state index is 0.122. The lowest BCUT2D eigenvalue weighted by atomic mass is 9.92. The van der Waals surface area contributed by atoms with Crippen molar-refractivity contribution in [1.29, 1.82) is 0 Å². The normalized spacial score (nSPS) is 11.6. The molecule has 258 valence electrons. The summed E-state index contributed by atoms with van der Waals surface area (Å²) in [7, 11) is 1.15. The van der Waals surface area contributed by atoms with Gasteiger partial charge in [-0.15, -0.1) is 5.10 Å². The number of H-pyrrole nitrogens is 1. The summed E-state index contributed by atoms with van der Waals surface area (Å²) in [5.74, 6) is 1.39. The Hall–Kier alpha value is -6.53. The highest BCUT2D eigenvalue weighted by Crippen LogP contribution is 2.42. The molecule has 8 aromatic rings. The molecule has 0 amide bonds. The minimum Gasteiger partial charge on any atom is -0.493 e. The van der Waals surface area contributed by atoms with Crippen molar-refractivity contribution in [3.63, 3.8) is 0 Å². The van der Waals surface area contributed by atoms with E-state index in [-0.39, 0.29) is 5.75 Å². The van der Waals surface area contributed by atoms with E-state index in [9.17, 15) is 8.42 Å². The minimum atomic E-state index is -3.54. The highest BCUT2D eigenvalue weighted by molar-refractivity contribution is 7.90. The Morgan fingerprint density at radius 2 is 1.48 bits per heavy atom. The zero-order valence-corrected chi connectivity index (χ0v) is 29.3. The van der Waals surface area contributed by atoms with Gasteiger partial charge in [0.25, 0.3) is 0 Å². The summed E-state index contributed by atoms with van der Waals surface area (Å²) >= 11 is 0. The van der Waals surface area contributed by atoms with Crippen LogP contribution in [-0.2, 0) is 15.6 Å². The van der Waals surface area contributed by atoms with Crippen LogP contribution < -0.4 is 14.2 Å². The Kier molecular flexibility index (Phi) is 8.36. The summed E-state index contributed by atoms with van der Waals surface area (Å²) < 4.78 is 44.7. The molecule has 0 bridgehead atoms. The second kappa shape index (κ2) is 13.3. The van der Waals surface area contributed by atoms with Crippen molar-refractivity contribution in [2.24, 2.45) is 0 Å². The van der Waals surface area contributed by atoms with Gasteiger partial charge in [0.2, 0.25) is 5.75 Å². The van der Waals surface area contributed by atoms with Crippen LogP contribution in [0.3, 0.4) is 0 Å². The molecule has 0 aliphatic heterocycles. The first-order chi connectivity index (χ1) is 25.4. The molecular formula is C40H32N6O5S. The molecule has 0 saturated carbocycles. The fourth-order valence-electron chi connectivity index (χ4n) is 6.50. The van der Waals surface area contributed by atoms with Crippen molar-refractivity contribution in [3.8, 4) is 56.4 Å². The smallest absolute Gasteiger partial charge is 0.203 e. The predicted octanol–water partition coefficient (Wildman–Crippen LogP) is 7.69. The first kappa shape index (κ1) is 32.7. The van der Waals surface area contributed by atoms with Crippen molar-refractivity contribution in [3.05, 3.63) is 127 Å². The van der Waals surface area contributed by atoms with Crippen LogP contribution in [0.25, 0.3) is 61.1 Å². The molecule has 0 spiro atoms. The summed E-state index contributed by atoms with van der Waals surface area (Å²) in [6.45, 7) is 0. The number of sulfone groups is 1. The van der Waals surface area contributed by atoms with Crippen molar-refractivity contribution < 1.29 is 22.6 Å². The van der Waals surface area contributed by atoms with E-state index in [4.69, 9.17) is 19.2 Å². The van der Waals surface area contributed by atoms with Crippen molar-refractivity contribution in [2.45, 2.75) is 10.6 Å². The van der Waals surface area contributed by atoms with Gasteiger partial charge in [0.05, 0.1) is 43.9 Å². The number of nitrogens with zero attached hydrogens (tertiary/aromatic N) is 5. The van der Waals surface area contributed by atoms with E-state index in [0.717, 1.165) is 44.1 Å². The van der Waals surface area contributed by atoms with Crippen LogP contribution in [0.5, 0.6) is 17.2 Å². The van der Waals surface area contributed by atoms with Gasteiger partial charge < -0.3 is 19.2 Å². The number of aromatic nitrogens is 6. The van der Waals surface area contributed by atoms with Crippen LogP contribution >= 0.6 is 0 Å². The van der Waals surface area contributed by atoms with Gasteiger partial charge in [0, 0.05) is 63.7 Å². The number of aromatic amines is 1. The molecule has 0 atom stereocenters. The van der Waals surface area contributed by atoms with Gasteiger partial charge in [0.1, 0.15) is 11.3 Å². The summed E-state index contributed by atoms with van der Waals surface area (Å²) in [5.41, 5.74) is 8.28. The van der Waals surface area contributed by atoms with Crippen LogP contribution in [0, 0.1) is 0 Å². The molecule has 4 aromatic heterocycles. The lowest BCUT2D eigenvalue weighted by Crippen LogP contribution is -2.04. The van der Waals surface area contributed by atoms with Gasteiger partial charge in [0.15, 0.2) is 21.3 Å². The van der Waals surface area contributed by atoms with Gasteiger partial charge in [-0.05, 0) is 53.1 Å². The van der Waals surface area contributed by atoms with E-state index >= 15 is 0 Å². The van der Waals surface area contributed by atoms with E-state index in [0.29, 0.717) is 44.7 Å². The quantitative estimate of drug-likeness (QED) is 0.152. The average molecular weight is 709 g/mol. The maximum absolute atomic E-state index is 13.3. The third-order valence-electron chi connectivity index (χ3n) is 9.01. The molecule has 4 aromatic carbocycles. The summed E-state index contributed by atoms with van der Waals surface area (Å²) in [6.07, 6.45) is 7.23. The number of hydrogen-bond acceptors (Lipinski definition) is 9. The maximum atomic E-state index is 13.3. The molecule has 8 rings (SSSR count). The molecular weight excluding hydrogens is 677 g/mol. The SMILES string of the molecule is COc1cc(-n2cc(-c3ccc(-c4cnc5[nH]c6ccc(CS(=O)(=O)c7ccccc7)cc6c5c4-c4ccncc4)cc3)nn2)cc(OC)c1OC. The molecule has 0 unspecified atom stereocenters. The number of hydrogen-bond donors (Lipinski definition) is 1. The first-order valence-electron chi connectivity index (χ1n) is 16.3. The Morgan fingerprint density at radius 1 is 0.769 bits per heavy atom. The first-order valence-corrected chi connectivity index (χ1v) is 18.0. The highest BCUT2D eigenvalue weighted by atomic mass is 32.2. The van der Waals surface area contributed by atoms with Crippen LogP contribution in [0.1, 0.15) is 5.56 Å². The van der Waals surface area contributed by atoms with E-state index in [2.05, 4.69) is 20.3 Å². The molecule has 52 heavy (non-hydrogen) atoms. The Labute approximate surface area is 299 Å². The molecule has 0 aliphatic carbocycles. The van der Waals surface area contributed by atoms with Gasteiger partial charge in [-0.3, -0.25) is 4.98 Å². The van der Waals surface area contributed by atoms with Gasteiger partial charge in [-0.25, -0.2) is 18.1 Å². The Bertz CT molecular complexity index is 2650. The van der Waals surface area contributed by atoms with E-state index in [1.165, 1.54) is 0 Å². The second-order valence-corrected chi connectivity index (χ2v) is 14.1. The summed E-state index contributed by atoms with van der Waals surface area (Å²) in [5, 5.41) is 10.6. The molecule has 4 heterocycles. The molecule has 0 aliphatic rings. The zero-order valence-electron chi connectivity index (χ0n) is 28.4. The van der Waals surface area contributed by atoms with Gasteiger partial charge in [-0.2, -0.15) is 0 Å². The van der Waals surface area contributed by atoms with E-state index < -0.39 is 9.84 Å². The number of benzene rings is 4. The van der Waals surface area contributed by atoms with Crippen LogP contribution in [0.15, 0.2) is 127 Å². The molecule has 0 radical (unpaired) electrons.